The maximum absolute atomic E-state index is 13.3. The summed E-state index contributed by atoms with van der Waals surface area (Å²) in [4.78, 5) is 0. The maximum Gasteiger partial charge on any atom is 0.165 e. The summed E-state index contributed by atoms with van der Waals surface area (Å²) in [6.07, 6.45) is 0. The number of hydrogen-bond acceptors (Lipinski definition) is 4. The highest BCUT2D eigenvalue weighted by Crippen LogP contribution is 2.26. The molecule has 0 saturated carbocycles. The van der Waals surface area contributed by atoms with Crippen LogP contribution in [-0.2, 0) is 6.54 Å². The van der Waals surface area contributed by atoms with Crippen LogP contribution < -0.4 is 19.5 Å². The van der Waals surface area contributed by atoms with Gasteiger partial charge in [0.2, 0.25) is 0 Å². The van der Waals surface area contributed by atoms with Crippen LogP contribution in [0, 0.1) is 5.82 Å². The van der Waals surface area contributed by atoms with Gasteiger partial charge in [-0.15, -0.1) is 0 Å². The lowest BCUT2D eigenvalue weighted by molar-refractivity contribution is 0.386. The molecule has 0 radical (unpaired) electrons. The van der Waals surface area contributed by atoms with Crippen molar-refractivity contribution in [3.05, 3.63) is 47.8 Å². The van der Waals surface area contributed by atoms with Gasteiger partial charge < -0.3 is 19.5 Å². The van der Waals surface area contributed by atoms with Gasteiger partial charge >= 0.3 is 0 Å². The number of anilines is 1. The van der Waals surface area contributed by atoms with Crippen molar-refractivity contribution in [2.45, 2.75) is 6.54 Å². The van der Waals surface area contributed by atoms with Gasteiger partial charge in [-0.2, -0.15) is 0 Å². The molecular weight excluding hydrogens is 273 g/mol. The van der Waals surface area contributed by atoms with E-state index in [0.717, 1.165) is 22.7 Å². The largest absolute Gasteiger partial charge is 0.497 e. The second-order valence-corrected chi connectivity index (χ2v) is 4.38. The van der Waals surface area contributed by atoms with Gasteiger partial charge in [0.25, 0.3) is 0 Å². The highest BCUT2D eigenvalue weighted by molar-refractivity contribution is 5.50. The average molecular weight is 291 g/mol. The summed E-state index contributed by atoms with van der Waals surface area (Å²) in [5.41, 5.74) is 1.74. The summed E-state index contributed by atoms with van der Waals surface area (Å²) in [6, 6.07) is 10.3. The van der Waals surface area contributed by atoms with Crippen LogP contribution in [0.4, 0.5) is 10.1 Å². The third-order valence-corrected chi connectivity index (χ3v) is 3.13. The molecule has 0 bridgehead atoms. The van der Waals surface area contributed by atoms with E-state index in [1.165, 1.54) is 13.2 Å². The fourth-order valence-electron chi connectivity index (χ4n) is 1.96. The van der Waals surface area contributed by atoms with Crippen molar-refractivity contribution in [2.75, 3.05) is 26.6 Å². The van der Waals surface area contributed by atoms with Gasteiger partial charge in [0.05, 0.1) is 21.3 Å². The van der Waals surface area contributed by atoms with Gasteiger partial charge in [-0.25, -0.2) is 4.39 Å². The molecule has 0 saturated heterocycles. The van der Waals surface area contributed by atoms with E-state index in [-0.39, 0.29) is 11.6 Å². The third-order valence-electron chi connectivity index (χ3n) is 3.13. The summed E-state index contributed by atoms with van der Waals surface area (Å²) in [7, 11) is 4.66. The minimum Gasteiger partial charge on any atom is -0.497 e. The Morgan fingerprint density at radius 3 is 2.33 bits per heavy atom. The number of methoxy groups -OCH3 is 3. The fourth-order valence-corrected chi connectivity index (χ4v) is 1.96. The zero-order chi connectivity index (χ0) is 15.2. The fraction of sp³-hybridized carbons (Fsp3) is 0.250. The number of ether oxygens (including phenoxy) is 3. The van der Waals surface area contributed by atoms with Crippen molar-refractivity contribution in [2.24, 2.45) is 0 Å². The molecule has 21 heavy (non-hydrogen) atoms. The Labute approximate surface area is 123 Å². The minimum absolute atomic E-state index is 0.210. The standard InChI is InChI=1S/C16H18FNO3/c1-19-13-6-4-11(15(9-13)20-2)10-18-12-5-7-14(17)16(8-12)21-3/h4-9,18H,10H2,1-3H3. The molecule has 0 heterocycles. The van der Waals surface area contributed by atoms with Crippen molar-refractivity contribution >= 4 is 5.69 Å². The molecule has 0 aliphatic rings. The van der Waals surface area contributed by atoms with Crippen LogP contribution in [0.1, 0.15) is 5.56 Å². The van der Waals surface area contributed by atoms with Crippen molar-refractivity contribution in [1.29, 1.82) is 0 Å². The van der Waals surface area contributed by atoms with E-state index in [1.54, 1.807) is 26.4 Å². The van der Waals surface area contributed by atoms with Crippen molar-refractivity contribution in [3.8, 4) is 17.2 Å². The number of benzene rings is 2. The smallest absolute Gasteiger partial charge is 0.165 e. The van der Waals surface area contributed by atoms with Gasteiger partial charge in [-0.1, -0.05) is 0 Å². The number of hydrogen-bond donors (Lipinski definition) is 1. The first-order valence-corrected chi connectivity index (χ1v) is 6.46. The van der Waals surface area contributed by atoms with E-state index in [4.69, 9.17) is 14.2 Å². The normalized spacial score (nSPS) is 10.1. The Bertz CT molecular complexity index is 616. The maximum atomic E-state index is 13.3. The van der Waals surface area contributed by atoms with E-state index in [1.807, 2.05) is 18.2 Å². The van der Waals surface area contributed by atoms with Crippen molar-refractivity contribution < 1.29 is 18.6 Å². The Hall–Kier alpha value is -2.43. The van der Waals surface area contributed by atoms with E-state index in [2.05, 4.69) is 5.32 Å². The molecule has 0 fully saturated rings. The summed E-state index contributed by atoms with van der Waals surface area (Å²) in [5, 5.41) is 3.21. The molecule has 0 unspecified atom stereocenters. The number of nitrogens with one attached hydrogen (secondary N) is 1. The van der Waals surface area contributed by atoms with Gasteiger partial charge in [-0.3, -0.25) is 0 Å². The second-order valence-electron chi connectivity index (χ2n) is 4.38. The molecule has 4 nitrogen and oxygen atoms in total. The van der Waals surface area contributed by atoms with Gasteiger partial charge in [0.15, 0.2) is 11.6 Å². The third kappa shape index (κ3) is 3.56. The Balaban J connectivity index is 2.12. The predicted octanol–water partition coefficient (Wildman–Crippen LogP) is 3.46. The van der Waals surface area contributed by atoms with E-state index < -0.39 is 0 Å². The number of rotatable bonds is 6. The molecule has 112 valence electrons. The zero-order valence-corrected chi connectivity index (χ0v) is 12.3. The van der Waals surface area contributed by atoms with Gasteiger partial charge in [0.1, 0.15) is 11.5 Å². The van der Waals surface area contributed by atoms with Crippen LogP contribution in [0.3, 0.4) is 0 Å². The van der Waals surface area contributed by atoms with Crippen LogP contribution >= 0.6 is 0 Å². The molecule has 5 heteroatoms. The molecule has 0 atom stereocenters. The lowest BCUT2D eigenvalue weighted by Crippen LogP contribution is -2.02. The van der Waals surface area contributed by atoms with Crippen molar-refractivity contribution in [1.82, 2.24) is 0 Å². The summed E-state index contributed by atoms with van der Waals surface area (Å²) in [6.45, 7) is 0.544. The van der Waals surface area contributed by atoms with Crippen LogP contribution in [0.2, 0.25) is 0 Å². The lowest BCUT2D eigenvalue weighted by Gasteiger charge is -2.12. The zero-order valence-electron chi connectivity index (χ0n) is 12.3. The predicted molar refractivity (Wildman–Crippen MR) is 79.8 cm³/mol. The molecule has 0 aliphatic carbocycles. The molecule has 0 aromatic heterocycles. The highest BCUT2D eigenvalue weighted by Gasteiger charge is 2.07. The van der Waals surface area contributed by atoms with Gasteiger partial charge in [0, 0.05) is 29.9 Å². The molecule has 1 N–H and O–H groups in total. The quantitative estimate of drug-likeness (QED) is 0.884. The molecule has 2 aromatic carbocycles. The first kappa shape index (κ1) is 15.0. The Kier molecular flexibility index (Phi) is 4.87. The van der Waals surface area contributed by atoms with Crippen LogP contribution in [0.5, 0.6) is 17.2 Å². The monoisotopic (exact) mass is 291 g/mol. The molecule has 0 spiro atoms. The molecular formula is C16H18FNO3. The Morgan fingerprint density at radius 2 is 1.67 bits per heavy atom. The van der Waals surface area contributed by atoms with Crippen LogP contribution in [0.25, 0.3) is 0 Å². The van der Waals surface area contributed by atoms with E-state index >= 15 is 0 Å². The summed E-state index contributed by atoms with van der Waals surface area (Å²) < 4.78 is 28.8. The average Bonchev–Trinajstić information content (AvgIpc) is 2.53. The molecule has 2 aromatic rings. The van der Waals surface area contributed by atoms with E-state index in [0.29, 0.717) is 6.54 Å². The number of halogens is 1. The SMILES string of the molecule is COc1ccc(CNc2ccc(F)c(OC)c2)c(OC)c1. The molecule has 0 aliphatic heterocycles. The minimum atomic E-state index is -0.384. The molecule has 2 rings (SSSR count). The second kappa shape index (κ2) is 6.83. The lowest BCUT2D eigenvalue weighted by atomic mass is 10.2. The Morgan fingerprint density at radius 1 is 0.905 bits per heavy atom. The highest BCUT2D eigenvalue weighted by atomic mass is 19.1. The molecule has 0 amide bonds. The van der Waals surface area contributed by atoms with Crippen LogP contribution in [0.15, 0.2) is 36.4 Å². The summed E-state index contributed by atoms with van der Waals surface area (Å²) >= 11 is 0. The summed E-state index contributed by atoms with van der Waals surface area (Å²) in [5.74, 6) is 1.29. The topological polar surface area (TPSA) is 39.7 Å². The van der Waals surface area contributed by atoms with Crippen molar-refractivity contribution in [3.63, 3.8) is 0 Å². The first-order chi connectivity index (χ1) is 10.2. The van der Waals surface area contributed by atoms with Crippen LogP contribution in [-0.4, -0.2) is 21.3 Å². The van der Waals surface area contributed by atoms with E-state index in [9.17, 15) is 4.39 Å². The van der Waals surface area contributed by atoms with Gasteiger partial charge in [-0.05, 0) is 24.3 Å². The first-order valence-electron chi connectivity index (χ1n) is 6.46.